The third-order valence-corrected chi connectivity index (χ3v) is 2.54. The largest absolute Gasteiger partial charge is 0.330 e. The molecule has 0 aromatic rings. The highest BCUT2D eigenvalue weighted by Crippen LogP contribution is 2.19. The van der Waals surface area contributed by atoms with Crippen molar-refractivity contribution in [2.24, 2.45) is 11.7 Å². The predicted molar refractivity (Wildman–Crippen MR) is 48.5 cm³/mol. The molecule has 1 atom stereocenters. The van der Waals surface area contributed by atoms with E-state index in [1.165, 1.54) is 38.8 Å². The van der Waals surface area contributed by atoms with Gasteiger partial charge in [-0.05, 0) is 51.7 Å². The zero-order valence-electron chi connectivity index (χ0n) is 7.55. The van der Waals surface area contributed by atoms with E-state index in [2.05, 4.69) is 11.9 Å². The van der Waals surface area contributed by atoms with E-state index in [-0.39, 0.29) is 0 Å². The first-order valence-electron chi connectivity index (χ1n) is 4.71. The van der Waals surface area contributed by atoms with Gasteiger partial charge < -0.3 is 10.6 Å². The lowest BCUT2D eigenvalue weighted by atomic mass is 9.94. The van der Waals surface area contributed by atoms with Crippen LogP contribution in [0.15, 0.2) is 0 Å². The van der Waals surface area contributed by atoms with Crippen LogP contribution in [0, 0.1) is 5.92 Å². The van der Waals surface area contributed by atoms with E-state index >= 15 is 0 Å². The maximum Gasteiger partial charge on any atom is 0.000662 e. The molecule has 11 heavy (non-hydrogen) atoms. The zero-order valence-corrected chi connectivity index (χ0v) is 7.55. The number of likely N-dealkylation sites (tertiary alicyclic amines) is 1. The molecule has 0 aromatic carbocycles. The van der Waals surface area contributed by atoms with E-state index in [1.54, 1.807) is 0 Å². The fourth-order valence-corrected chi connectivity index (χ4v) is 1.92. The van der Waals surface area contributed by atoms with Crippen molar-refractivity contribution in [1.29, 1.82) is 0 Å². The predicted octanol–water partition coefficient (Wildman–Crippen LogP) is 1.07. The SMILES string of the molecule is CN1CCCC(CCCN)C1. The summed E-state index contributed by atoms with van der Waals surface area (Å²) in [5.74, 6) is 0.928. The van der Waals surface area contributed by atoms with E-state index in [9.17, 15) is 0 Å². The average Bonchev–Trinajstić information content (AvgIpc) is 2.01. The zero-order chi connectivity index (χ0) is 8.10. The van der Waals surface area contributed by atoms with Gasteiger partial charge in [-0.2, -0.15) is 0 Å². The van der Waals surface area contributed by atoms with Crippen molar-refractivity contribution in [2.45, 2.75) is 25.7 Å². The van der Waals surface area contributed by atoms with Crippen LogP contribution in [0.5, 0.6) is 0 Å². The Morgan fingerprint density at radius 1 is 1.55 bits per heavy atom. The quantitative estimate of drug-likeness (QED) is 0.662. The second kappa shape index (κ2) is 4.73. The fraction of sp³-hybridized carbons (Fsp3) is 1.00. The topological polar surface area (TPSA) is 29.3 Å². The maximum absolute atomic E-state index is 5.47. The van der Waals surface area contributed by atoms with Crippen LogP contribution < -0.4 is 5.73 Å². The van der Waals surface area contributed by atoms with E-state index in [4.69, 9.17) is 5.73 Å². The first-order chi connectivity index (χ1) is 5.33. The Hall–Kier alpha value is -0.0800. The number of piperidine rings is 1. The highest BCUT2D eigenvalue weighted by molar-refractivity contribution is 4.70. The number of hydrogen-bond acceptors (Lipinski definition) is 2. The van der Waals surface area contributed by atoms with Crippen LogP contribution >= 0.6 is 0 Å². The van der Waals surface area contributed by atoms with Crippen molar-refractivity contribution in [1.82, 2.24) is 4.90 Å². The molecule has 2 N–H and O–H groups in total. The van der Waals surface area contributed by atoms with Crippen molar-refractivity contribution in [3.63, 3.8) is 0 Å². The van der Waals surface area contributed by atoms with E-state index in [1.807, 2.05) is 0 Å². The maximum atomic E-state index is 5.47. The number of nitrogens with zero attached hydrogens (tertiary/aromatic N) is 1. The Labute approximate surface area is 69.8 Å². The molecule has 0 aliphatic carbocycles. The van der Waals surface area contributed by atoms with Crippen molar-refractivity contribution in [2.75, 3.05) is 26.7 Å². The summed E-state index contributed by atoms with van der Waals surface area (Å²) >= 11 is 0. The molecule has 0 bridgehead atoms. The Bertz CT molecular complexity index is 104. The van der Waals surface area contributed by atoms with Gasteiger partial charge in [0.05, 0.1) is 0 Å². The molecular weight excluding hydrogens is 136 g/mol. The molecule has 1 saturated heterocycles. The minimum Gasteiger partial charge on any atom is -0.330 e. The average molecular weight is 156 g/mol. The van der Waals surface area contributed by atoms with Crippen molar-refractivity contribution < 1.29 is 0 Å². The van der Waals surface area contributed by atoms with Gasteiger partial charge in [-0.15, -0.1) is 0 Å². The molecule has 1 aliphatic rings. The minimum atomic E-state index is 0.861. The molecule has 0 saturated carbocycles. The highest BCUT2D eigenvalue weighted by atomic mass is 15.1. The highest BCUT2D eigenvalue weighted by Gasteiger charge is 2.15. The van der Waals surface area contributed by atoms with Gasteiger partial charge in [0.15, 0.2) is 0 Å². The van der Waals surface area contributed by atoms with Crippen molar-refractivity contribution in [3.05, 3.63) is 0 Å². The minimum absolute atomic E-state index is 0.861. The van der Waals surface area contributed by atoms with Gasteiger partial charge in [0, 0.05) is 6.54 Å². The van der Waals surface area contributed by atoms with Crippen molar-refractivity contribution in [3.8, 4) is 0 Å². The van der Waals surface area contributed by atoms with Crippen LogP contribution in [-0.2, 0) is 0 Å². The molecule has 1 unspecified atom stereocenters. The van der Waals surface area contributed by atoms with Crippen LogP contribution in [0.25, 0.3) is 0 Å². The Morgan fingerprint density at radius 3 is 3.00 bits per heavy atom. The summed E-state index contributed by atoms with van der Waals surface area (Å²) in [6.07, 6.45) is 5.34. The van der Waals surface area contributed by atoms with Crippen LogP contribution in [-0.4, -0.2) is 31.6 Å². The second-order valence-corrected chi connectivity index (χ2v) is 3.70. The molecule has 66 valence electrons. The fourth-order valence-electron chi connectivity index (χ4n) is 1.92. The van der Waals surface area contributed by atoms with Gasteiger partial charge in [0.2, 0.25) is 0 Å². The summed E-state index contributed by atoms with van der Waals surface area (Å²) in [6, 6.07) is 0. The van der Waals surface area contributed by atoms with Crippen LogP contribution in [0.3, 0.4) is 0 Å². The Kier molecular flexibility index (Phi) is 3.87. The monoisotopic (exact) mass is 156 g/mol. The van der Waals surface area contributed by atoms with Gasteiger partial charge in [-0.25, -0.2) is 0 Å². The summed E-state index contributed by atoms with van der Waals surface area (Å²) in [4.78, 5) is 2.44. The van der Waals surface area contributed by atoms with Crippen molar-refractivity contribution >= 4 is 0 Å². The molecule has 1 heterocycles. The van der Waals surface area contributed by atoms with Gasteiger partial charge in [-0.3, -0.25) is 0 Å². The standard InChI is InChI=1S/C9H20N2/c1-11-7-3-5-9(8-11)4-2-6-10/h9H,2-8,10H2,1H3. The number of hydrogen-bond donors (Lipinski definition) is 1. The third-order valence-electron chi connectivity index (χ3n) is 2.54. The lowest BCUT2D eigenvalue weighted by Crippen LogP contribution is -2.32. The molecule has 1 fully saturated rings. The smallest absolute Gasteiger partial charge is 0.000662 e. The van der Waals surface area contributed by atoms with E-state index in [0.717, 1.165) is 12.5 Å². The normalized spacial score (nSPS) is 27.3. The first kappa shape index (κ1) is 9.01. The molecule has 1 rings (SSSR count). The van der Waals surface area contributed by atoms with E-state index in [0.29, 0.717) is 0 Å². The third kappa shape index (κ3) is 3.21. The van der Waals surface area contributed by atoms with Gasteiger partial charge in [-0.1, -0.05) is 0 Å². The van der Waals surface area contributed by atoms with E-state index < -0.39 is 0 Å². The summed E-state index contributed by atoms with van der Waals surface area (Å²) in [7, 11) is 2.22. The molecule has 0 radical (unpaired) electrons. The lowest BCUT2D eigenvalue weighted by Gasteiger charge is -2.29. The van der Waals surface area contributed by atoms with Crippen LogP contribution in [0.4, 0.5) is 0 Å². The summed E-state index contributed by atoms with van der Waals surface area (Å²) in [6.45, 7) is 3.44. The van der Waals surface area contributed by atoms with Crippen LogP contribution in [0.2, 0.25) is 0 Å². The number of nitrogens with two attached hydrogens (primary N) is 1. The molecule has 2 heteroatoms. The Morgan fingerprint density at radius 2 is 2.36 bits per heavy atom. The van der Waals surface area contributed by atoms with Gasteiger partial charge in [0.25, 0.3) is 0 Å². The van der Waals surface area contributed by atoms with Gasteiger partial charge in [0.1, 0.15) is 0 Å². The molecule has 0 aromatic heterocycles. The Balaban J connectivity index is 2.12. The van der Waals surface area contributed by atoms with Crippen LogP contribution in [0.1, 0.15) is 25.7 Å². The summed E-state index contributed by atoms with van der Waals surface area (Å²) in [5, 5.41) is 0. The summed E-state index contributed by atoms with van der Waals surface area (Å²) < 4.78 is 0. The van der Waals surface area contributed by atoms with Gasteiger partial charge >= 0.3 is 0 Å². The molecule has 0 amide bonds. The first-order valence-corrected chi connectivity index (χ1v) is 4.71. The molecule has 1 aliphatic heterocycles. The second-order valence-electron chi connectivity index (χ2n) is 3.70. The summed E-state index contributed by atoms with van der Waals surface area (Å²) in [5.41, 5.74) is 5.47. The molecule has 0 spiro atoms. The molecule has 2 nitrogen and oxygen atoms in total. The molecular formula is C9H20N2. The lowest BCUT2D eigenvalue weighted by molar-refractivity contribution is 0.200. The number of rotatable bonds is 3.